The van der Waals surface area contributed by atoms with Crippen LogP contribution >= 0.6 is 23.1 Å². The Morgan fingerprint density at radius 1 is 1.20 bits per heavy atom. The maximum absolute atomic E-state index is 12.8. The monoisotopic (exact) mass is 537 g/mol. The number of hydrogen-bond acceptors (Lipinski definition) is 10. The van der Waals surface area contributed by atoms with E-state index in [0.717, 1.165) is 5.56 Å². The number of carbonyl (C=O) groups is 2. The van der Waals surface area contributed by atoms with Gasteiger partial charge in [0, 0.05) is 11.9 Å². The summed E-state index contributed by atoms with van der Waals surface area (Å²) < 4.78 is 32.3. The van der Waals surface area contributed by atoms with Gasteiger partial charge >= 0.3 is 5.97 Å². The van der Waals surface area contributed by atoms with Gasteiger partial charge in [-0.25, -0.2) is 13.4 Å². The van der Waals surface area contributed by atoms with Crippen molar-refractivity contribution in [2.75, 3.05) is 11.9 Å². The second-order valence-electron chi connectivity index (χ2n) is 7.59. The molecule has 188 valence electrons. The van der Waals surface area contributed by atoms with Gasteiger partial charge in [-0.05, 0) is 39.8 Å². The highest BCUT2D eigenvalue weighted by molar-refractivity contribution is 8.00. The Kier molecular flexibility index (Phi) is 9.03. The van der Waals surface area contributed by atoms with Gasteiger partial charge in [-0.2, -0.15) is 0 Å². The molecule has 1 atom stereocenters. The SMILES string of the molecule is CCOC(=O)Cc1csc(NC(=O)C(C)Sc2nnc(CS(=O)(=O)c3ccc(C)cc3)n2CC)n1. The Morgan fingerprint density at radius 3 is 2.57 bits per heavy atom. The molecule has 0 bridgehead atoms. The molecule has 1 N–H and O–H groups in total. The summed E-state index contributed by atoms with van der Waals surface area (Å²) in [5.74, 6) is -0.655. The molecule has 0 aliphatic rings. The third kappa shape index (κ3) is 7.12. The number of rotatable bonds is 11. The molecule has 0 saturated heterocycles. The molecule has 3 aromatic rings. The summed E-state index contributed by atoms with van der Waals surface area (Å²) in [6, 6.07) is 6.66. The van der Waals surface area contributed by atoms with Crippen LogP contribution in [0.15, 0.2) is 39.7 Å². The fourth-order valence-corrected chi connectivity index (χ4v) is 5.97. The molecule has 2 heterocycles. The number of thioether (sulfide) groups is 1. The van der Waals surface area contributed by atoms with Crippen molar-refractivity contribution in [3.05, 3.63) is 46.7 Å². The molecule has 1 unspecified atom stereocenters. The molecule has 0 aliphatic carbocycles. The van der Waals surface area contributed by atoms with Crippen molar-refractivity contribution in [1.82, 2.24) is 19.7 Å². The van der Waals surface area contributed by atoms with E-state index in [1.165, 1.54) is 23.1 Å². The predicted molar refractivity (Wildman–Crippen MR) is 134 cm³/mol. The van der Waals surface area contributed by atoms with E-state index in [2.05, 4.69) is 20.5 Å². The molecular formula is C22H27N5O5S3. The quantitative estimate of drug-likeness (QED) is 0.289. The zero-order valence-corrected chi connectivity index (χ0v) is 22.3. The number of aromatic nitrogens is 4. The number of carbonyl (C=O) groups excluding carboxylic acids is 2. The molecular weight excluding hydrogens is 510 g/mol. The Morgan fingerprint density at radius 2 is 1.91 bits per heavy atom. The van der Waals surface area contributed by atoms with Gasteiger partial charge < -0.3 is 14.6 Å². The second kappa shape index (κ2) is 11.8. The van der Waals surface area contributed by atoms with Crippen molar-refractivity contribution >= 4 is 49.9 Å². The molecule has 1 aromatic carbocycles. The number of sulfone groups is 1. The number of thiazole rings is 1. The fraction of sp³-hybridized carbons (Fsp3) is 0.409. The Hall–Kier alpha value is -2.77. The lowest BCUT2D eigenvalue weighted by Crippen LogP contribution is -2.23. The van der Waals surface area contributed by atoms with E-state index >= 15 is 0 Å². The minimum absolute atomic E-state index is 0.0401. The largest absolute Gasteiger partial charge is 0.466 e. The van der Waals surface area contributed by atoms with Crippen LogP contribution in [0, 0.1) is 6.92 Å². The summed E-state index contributed by atoms with van der Waals surface area (Å²) in [5, 5.41) is 12.9. The molecule has 0 radical (unpaired) electrons. The number of aryl methyl sites for hydroxylation is 1. The minimum atomic E-state index is -3.60. The summed E-state index contributed by atoms with van der Waals surface area (Å²) in [7, 11) is -3.60. The van der Waals surface area contributed by atoms with E-state index in [1.807, 2.05) is 13.8 Å². The molecule has 0 fully saturated rings. The molecule has 13 heteroatoms. The van der Waals surface area contributed by atoms with E-state index in [9.17, 15) is 18.0 Å². The van der Waals surface area contributed by atoms with E-state index in [1.54, 1.807) is 48.1 Å². The average Bonchev–Trinajstić information content (AvgIpc) is 3.39. The van der Waals surface area contributed by atoms with Crippen molar-refractivity contribution in [2.24, 2.45) is 0 Å². The van der Waals surface area contributed by atoms with E-state index < -0.39 is 15.1 Å². The number of amides is 1. The Bertz CT molecular complexity index is 1290. The zero-order chi connectivity index (χ0) is 25.6. The molecule has 0 aliphatic heterocycles. The van der Waals surface area contributed by atoms with Crippen LogP contribution in [0.2, 0.25) is 0 Å². The van der Waals surface area contributed by atoms with Crippen molar-refractivity contribution in [3.63, 3.8) is 0 Å². The predicted octanol–water partition coefficient (Wildman–Crippen LogP) is 3.26. The number of nitrogens with one attached hydrogen (secondary N) is 1. The molecule has 1 amide bonds. The smallest absolute Gasteiger partial charge is 0.311 e. The summed E-state index contributed by atoms with van der Waals surface area (Å²) >= 11 is 2.39. The van der Waals surface area contributed by atoms with Crippen LogP contribution in [0.1, 0.15) is 37.9 Å². The fourth-order valence-electron chi connectivity index (χ4n) is 3.05. The maximum atomic E-state index is 12.8. The lowest BCUT2D eigenvalue weighted by atomic mass is 10.2. The van der Waals surface area contributed by atoms with Crippen LogP contribution in [0.25, 0.3) is 0 Å². The zero-order valence-electron chi connectivity index (χ0n) is 19.8. The van der Waals surface area contributed by atoms with Crippen molar-refractivity contribution in [1.29, 1.82) is 0 Å². The molecule has 10 nitrogen and oxygen atoms in total. The highest BCUT2D eigenvalue weighted by Gasteiger charge is 2.24. The lowest BCUT2D eigenvalue weighted by molar-refractivity contribution is -0.142. The van der Waals surface area contributed by atoms with Crippen LogP contribution < -0.4 is 5.32 Å². The first-order valence-electron chi connectivity index (χ1n) is 10.9. The second-order valence-corrected chi connectivity index (χ2v) is 11.7. The van der Waals surface area contributed by atoms with Crippen molar-refractivity contribution in [3.8, 4) is 0 Å². The Balaban J connectivity index is 1.65. The van der Waals surface area contributed by atoms with Crippen LogP contribution in [-0.2, 0) is 42.9 Å². The molecule has 3 rings (SSSR count). The van der Waals surface area contributed by atoms with Gasteiger partial charge in [-0.3, -0.25) is 9.59 Å². The number of ether oxygens (including phenoxy) is 1. The lowest BCUT2D eigenvalue weighted by Gasteiger charge is -2.12. The van der Waals surface area contributed by atoms with Gasteiger partial charge in [0.05, 0.1) is 28.9 Å². The van der Waals surface area contributed by atoms with Gasteiger partial charge in [0.15, 0.2) is 20.1 Å². The first-order chi connectivity index (χ1) is 16.6. The van der Waals surface area contributed by atoms with Gasteiger partial charge in [0.2, 0.25) is 5.91 Å². The third-order valence-corrected chi connectivity index (χ3v) is 8.39. The molecule has 35 heavy (non-hydrogen) atoms. The summed E-state index contributed by atoms with van der Waals surface area (Å²) in [4.78, 5) is 28.8. The average molecular weight is 538 g/mol. The van der Waals surface area contributed by atoms with Gasteiger partial charge in [-0.15, -0.1) is 21.5 Å². The number of hydrogen-bond donors (Lipinski definition) is 1. The van der Waals surface area contributed by atoms with Crippen LogP contribution in [-0.4, -0.2) is 51.9 Å². The minimum Gasteiger partial charge on any atom is -0.466 e. The summed E-state index contributed by atoms with van der Waals surface area (Å²) in [6.07, 6.45) is 0.0401. The summed E-state index contributed by atoms with van der Waals surface area (Å²) in [5.41, 5.74) is 1.49. The van der Waals surface area contributed by atoms with Crippen LogP contribution in [0.3, 0.4) is 0 Å². The molecule has 2 aromatic heterocycles. The summed E-state index contributed by atoms with van der Waals surface area (Å²) in [6.45, 7) is 7.94. The van der Waals surface area contributed by atoms with Gasteiger partial charge in [0.25, 0.3) is 0 Å². The molecule has 0 saturated carbocycles. The standard InChI is InChI=1S/C22H27N5O5S3/c1-5-27-18(13-35(30,31)17-9-7-14(3)8-10-17)25-26-22(27)34-15(4)20(29)24-21-23-16(12-33-21)11-19(28)32-6-2/h7-10,12,15H,5-6,11,13H2,1-4H3,(H,23,24,29). The number of esters is 1. The van der Waals surface area contributed by atoms with Crippen molar-refractivity contribution in [2.45, 2.75) is 61.7 Å². The topological polar surface area (TPSA) is 133 Å². The normalized spacial score (nSPS) is 12.3. The van der Waals surface area contributed by atoms with Crippen LogP contribution in [0.5, 0.6) is 0 Å². The third-order valence-electron chi connectivity index (χ3n) is 4.87. The Labute approximate surface area is 212 Å². The number of benzene rings is 1. The highest BCUT2D eigenvalue weighted by Crippen LogP contribution is 2.26. The molecule has 0 spiro atoms. The first-order valence-corrected chi connectivity index (χ1v) is 14.3. The van der Waals surface area contributed by atoms with Crippen LogP contribution in [0.4, 0.5) is 5.13 Å². The van der Waals surface area contributed by atoms with Gasteiger partial charge in [-0.1, -0.05) is 29.5 Å². The van der Waals surface area contributed by atoms with E-state index in [-0.39, 0.29) is 28.9 Å². The van der Waals surface area contributed by atoms with Gasteiger partial charge in [0.1, 0.15) is 11.6 Å². The van der Waals surface area contributed by atoms with Crippen molar-refractivity contribution < 1.29 is 22.7 Å². The number of nitrogens with zero attached hydrogens (tertiary/aromatic N) is 4. The maximum Gasteiger partial charge on any atom is 0.311 e. The first kappa shape index (κ1) is 26.8. The highest BCUT2D eigenvalue weighted by atomic mass is 32.2. The number of anilines is 1. The van der Waals surface area contributed by atoms with E-state index in [4.69, 9.17) is 4.74 Å². The van der Waals surface area contributed by atoms with E-state index in [0.29, 0.717) is 35.0 Å².